The van der Waals surface area contributed by atoms with Gasteiger partial charge in [-0.2, -0.15) is 0 Å². The molecule has 3 aliphatic rings. The fourth-order valence-corrected chi connectivity index (χ4v) is 4.86. The summed E-state index contributed by atoms with van der Waals surface area (Å²) in [5, 5.41) is 8.16. The van der Waals surface area contributed by atoms with Crippen molar-refractivity contribution < 1.29 is 9.59 Å². The van der Waals surface area contributed by atoms with E-state index < -0.39 is 6.04 Å². The second-order valence-electron chi connectivity index (χ2n) is 8.58. The quantitative estimate of drug-likeness (QED) is 0.474. The molecule has 3 saturated heterocycles. The number of carbonyl (C=O) groups excluding carboxylic acids is 2. The molecule has 3 aliphatic heterocycles. The SMILES string of the molecule is NN1CCC(CN2CCN(c3ccc(NC4CCC(=O)NC4=O)cc3Cl)CC2)CC1. The Morgan fingerprint density at radius 2 is 1.80 bits per heavy atom. The first-order chi connectivity index (χ1) is 14.5. The van der Waals surface area contributed by atoms with Gasteiger partial charge in [0, 0.05) is 57.9 Å². The minimum atomic E-state index is -0.403. The number of piperazine rings is 1. The molecule has 0 spiro atoms. The molecule has 1 aromatic rings. The first-order valence-corrected chi connectivity index (χ1v) is 11.2. The van der Waals surface area contributed by atoms with Gasteiger partial charge in [0.15, 0.2) is 0 Å². The van der Waals surface area contributed by atoms with Crippen LogP contribution in [-0.4, -0.2) is 73.6 Å². The van der Waals surface area contributed by atoms with Crippen LogP contribution in [0.2, 0.25) is 5.02 Å². The summed E-state index contributed by atoms with van der Waals surface area (Å²) >= 11 is 6.58. The van der Waals surface area contributed by atoms with E-state index in [2.05, 4.69) is 20.4 Å². The molecule has 3 heterocycles. The van der Waals surface area contributed by atoms with Crippen LogP contribution < -0.4 is 21.4 Å². The van der Waals surface area contributed by atoms with Gasteiger partial charge in [-0.3, -0.25) is 25.6 Å². The number of rotatable bonds is 5. The van der Waals surface area contributed by atoms with Gasteiger partial charge in [-0.1, -0.05) is 11.6 Å². The van der Waals surface area contributed by atoms with Gasteiger partial charge in [-0.25, -0.2) is 5.01 Å². The van der Waals surface area contributed by atoms with Crippen LogP contribution in [0.4, 0.5) is 11.4 Å². The van der Waals surface area contributed by atoms with E-state index in [1.54, 1.807) is 0 Å². The van der Waals surface area contributed by atoms with Gasteiger partial charge in [0.2, 0.25) is 11.8 Å². The van der Waals surface area contributed by atoms with Gasteiger partial charge in [-0.05, 0) is 43.4 Å². The van der Waals surface area contributed by atoms with Crippen molar-refractivity contribution in [1.29, 1.82) is 0 Å². The Bertz CT molecular complexity index is 775. The molecule has 0 saturated carbocycles. The van der Waals surface area contributed by atoms with Crippen LogP contribution in [-0.2, 0) is 9.59 Å². The Kier molecular flexibility index (Phi) is 6.77. The molecule has 3 fully saturated rings. The normalized spacial score (nSPS) is 24.7. The highest BCUT2D eigenvalue weighted by Crippen LogP contribution is 2.30. The molecule has 8 nitrogen and oxygen atoms in total. The second kappa shape index (κ2) is 9.51. The predicted octanol–water partition coefficient (Wildman–Crippen LogP) is 1.26. The van der Waals surface area contributed by atoms with E-state index in [-0.39, 0.29) is 11.8 Å². The Labute approximate surface area is 182 Å². The van der Waals surface area contributed by atoms with Gasteiger partial charge in [-0.15, -0.1) is 0 Å². The van der Waals surface area contributed by atoms with E-state index in [1.807, 2.05) is 23.2 Å². The largest absolute Gasteiger partial charge is 0.374 e. The standard InChI is InChI=1S/C21H31ClN6O2/c22-17-13-16(24-18-2-4-20(29)25-21(18)30)1-3-19(17)27-11-9-26(10-12-27)14-15-5-7-28(23)8-6-15/h1,3,13,15,18,24H,2,4-12,14,23H2,(H,25,29,30). The van der Waals surface area contributed by atoms with Gasteiger partial charge in [0.05, 0.1) is 10.7 Å². The maximum Gasteiger partial charge on any atom is 0.249 e. The number of nitrogens with two attached hydrogens (primary N) is 1. The predicted molar refractivity (Wildman–Crippen MR) is 118 cm³/mol. The molecule has 1 atom stereocenters. The van der Waals surface area contributed by atoms with Crippen molar-refractivity contribution in [3.05, 3.63) is 23.2 Å². The van der Waals surface area contributed by atoms with Gasteiger partial charge >= 0.3 is 0 Å². The minimum absolute atomic E-state index is 0.213. The Morgan fingerprint density at radius 3 is 2.47 bits per heavy atom. The highest BCUT2D eigenvalue weighted by molar-refractivity contribution is 6.33. The topological polar surface area (TPSA) is 93.9 Å². The van der Waals surface area contributed by atoms with Crippen LogP contribution in [0.3, 0.4) is 0 Å². The molecule has 4 N–H and O–H groups in total. The third-order valence-corrected chi connectivity index (χ3v) is 6.71. The second-order valence-corrected chi connectivity index (χ2v) is 8.99. The fraction of sp³-hybridized carbons (Fsp3) is 0.619. The van der Waals surface area contributed by atoms with Crippen LogP contribution in [0.25, 0.3) is 0 Å². The molecular formula is C21H31ClN6O2. The molecule has 2 amide bonds. The monoisotopic (exact) mass is 434 g/mol. The summed E-state index contributed by atoms with van der Waals surface area (Å²) in [5.41, 5.74) is 1.82. The van der Waals surface area contributed by atoms with Gasteiger partial charge in [0.25, 0.3) is 0 Å². The van der Waals surface area contributed by atoms with Crippen LogP contribution >= 0.6 is 11.6 Å². The first kappa shape index (κ1) is 21.4. The van der Waals surface area contributed by atoms with Crippen molar-refractivity contribution in [3.8, 4) is 0 Å². The number of carbonyl (C=O) groups is 2. The molecule has 30 heavy (non-hydrogen) atoms. The Balaban J connectivity index is 1.29. The molecule has 0 radical (unpaired) electrons. The highest BCUT2D eigenvalue weighted by atomic mass is 35.5. The maximum atomic E-state index is 11.9. The lowest BCUT2D eigenvalue weighted by molar-refractivity contribution is -0.133. The molecule has 0 aromatic heterocycles. The van der Waals surface area contributed by atoms with E-state index in [0.717, 1.165) is 63.1 Å². The van der Waals surface area contributed by atoms with Crippen molar-refractivity contribution in [2.75, 3.05) is 56.0 Å². The number of nitrogens with zero attached hydrogens (tertiary/aromatic N) is 3. The number of piperidine rings is 2. The molecule has 1 unspecified atom stereocenters. The average Bonchev–Trinajstić information content (AvgIpc) is 2.73. The summed E-state index contributed by atoms with van der Waals surface area (Å²) < 4.78 is 0. The molecule has 0 aliphatic carbocycles. The van der Waals surface area contributed by atoms with Crippen molar-refractivity contribution in [3.63, 3.8) is 0 Å². The first-order valence-electron chi connectivity index (χ1n) is 10.8. The molecule has 0 bridgehead atoms. The maximum absolute atomic E-state index is 11.9. The van der Waals surface area contributed by atoms with Crippen LogP contribution in [0.15, 0.2) is 18.2 Å². The number of amides is 2. The van der Waals surface area contributed by atoms with Crippen molar-refractivity contribution in [2.24, 2.45) is 11.8 Å². The number of nitrogens with one attached hydrogen (secondary N) is 2. The number of benzene rings is 1. The van der Waals surface area contributed by atoms with E-state index in [9.17, 15) is 9.59 Å². The van der Waals surface area contributed by atoms with E-state index in [4.69, 9.17) is 17.4 Å². The summed E-state index contributed by atoms with van der Waals surface area (Å²) in [6, 6.07) is 5.44. The molecular weight excluding hydrogens is 404 g/mol. The van der Waals surface area contributed by atoms with Crippen molar-refractivity contribution >= 4 is 34.8 Å². The molecule has 9 heteroatoms. The lowest BCUT2D eigenvalue weighted by Crippen LogP contribution is -2.49. The summed E-state index contributed by atoms with van der Waals surface area (Å²) in [7, 11) is 0. The van der Waals surface area contributed by atoms with Gasteiger partial charge < -0.3 is 10.2 Å². The lowest BCUT2D eigenvalue weighted by Gasteiger charge is -2.39. The number of hydrogen-bond acceptors (Lipinski definition) is 7. The average molecular weight is 435 g/mol. The smallest absolute Gasteiger partial charge is 0.249 e. The molecule has 1 aromatic carbocycles. The zero-order chi connectivity index (χ0) is 21.1. The third kappa shape index (κ3) is 5.24. The highest BCUT2D eigenvalue weighted by Gasteiger charge is 2.27. The fourth-order valence-electron chi connectivity index (χ4n) is 4.56. The van der Waals surface area contributed by atoms with Crippen molar-refractivity contribution in [2.45, 2.75) is 31.7 Å². The Morgan fingerprint density at radius 1 is 1.07 bits per heavy atom. The van der Waals surface area contributed by atoms with Gasteiger partial charge in [0.1, 0.15) is 6.04 Å². The third-order valence-electron chi connectivity index (χ3n) is 6.41. The number of halogens is 1. The Hall–Kier alpha value is -1.87. The molecule has 164 valence electrons. The van der Waals surface area contributed by atoms with E-state index in [1.165, 1.54) is 12.8 Å². The number of hydrogen-bond donors (Lipinski definition) is 3. The van der Waals surface area contributed by atoms with Crippen LogP contribution in [0.5, 0.6) is 0 Å². The number of hydrazine groups is 1. The van der Waals surface area contributed by atoms with Crippen LogP contribution in [0.1, 0.15) is 25.7 Å². The summed E-state index contributed by atoms with van der Waals surface area (Å²) in [6.07, 6.45) is 3.22. The summed E-state index contributed by atoms with van der Waals surface area (Å²) in [5.74, 6) is 6.12. The minimum Gasteiger partial charge on any atom is -0.374 e. The zero-order valence-electron chi connectivity index (χ0n) is 17.3. The van der Waals surface area contributed by atoms with E-state index >= 15 is 0 Å². The lowest BCUT2D eigenvalue weighted by atomic mass is 9.97. The van der Waals surface area contributed by atoms with Crippen LogP contribution in [0, 0.1) is 5.92 Å². The summed E-state index contributed by atoms with van der Waals surface area (Å²) in [4.78, 5) is 28.1. The zero-order valence-corrected chi connectivity index (χ0v) is 18.0. The summed E-state index contributed by atoms with van der Waals surface area (Å²) in [6.45, 7) is 7.14. The van der Waals surface area contributed by atoms with E-state index in [0.29, 0.717) is 17.9 Å². The van der Waals surface area contributed by atoms with Crippen molar-refractivity contribution in [1.82, 2.24) is 15.2 Å². The molecule has 4 rings (SSSR count). The number of anilines is 2. The number of imide groups is 1.